The van der Waals surface area contributed by atoms with E-state index in [9.17, 15) is 4.79 Å². The first-order valence-corrected chi connectivity index (χ1v) is 9.30. The van der Waals surface area contributed by atoms with Gasteiger partial charge in [-0.2, -0.15) is 0 Å². The summed E-state index contributed by atoms with van der Waals surface area (Å²) in [5, 5.41) is 3.07. The highest BCUT2D eigenvalue weighted by Gasteiger charge is 2.21. The van der Waals surface area contributed by atoms with E-state index < -0.39 is 0 Å². The van der Waals surface area contributed by atoms with Crippen molar-refractivity contribution < 1.29 is 14.3 Å². The molecule has 1 aliphatic heterocycles. The van der Waals surface area contributed by atoms with Gasteiger partial charge in [0.2, 0.25) is 0 Å². The second-order valence-corrected chi connectivity index (χ2v) is 6.91. The summed E-state index contributed by atoms with van der Waals surface area (Å²) in [4.78, 5) is 19.1. The topological polar surface area (TPSA) is 63.7 Å². The van der Waals surface area contributed by atoms with Crippen LogP contribution in [0, 0.1) is 5.92 Å². The van der Waals surface area contributed by atoms with Gasteiger partial charge in [0.25, 0.3) is 5.91 Å². The largest absolute Gasteiger partial charge is 0.497 e. The average molecular weight is 369 g/mol. The van der Waals surface area contributed by atoms with Crippen molar-refractivity contribution in [1.82, 2.24) is 15.2 Å². The third kappa shape index (κ3) is 5.44. The maximum Gasteiger partial charge on any atom is 0.251 e. The van der Waals surface area contributed by atoms with Crippen LogP contribution in [0.3, 0.4) is 0 Å². The van der Waals surface area contributed by atoms with Crippen molar-refractivity contribution in [3.8, 4) is 11.5 Å². The van der Waals surface area contributed by atoms with Gasteiger partial charge in [-0.3, -0.25) is 14.7 Å². The fourth-order valence-electron chi connectivity index (χ4n) is 3.49. The van der Waals surface area contributed by atoms with E-state index in [1.54, 1.807) is 32.4 Å². The monoisotopic (exact) mass is 369 g/mol. The molecular weight excluding hydrogens is 342 g/mol. The Hall–Kier alpha value is -2.60. The van der Waals surface area contributed by atoms with Crippen LogP contribution in [0.25, 0.3) is 0 Å². The molecule has 1 fully saturated rings. The number of hydrogen-bond acceptors (Lipinski definition) is 5. The van der Waals surface area contributed by atoms with Crippen molar-refractivity contribution in [3.05, 3.63) is 53.9 Å². The number of rotatable bonds is 7. The predicted molar refractivity (Wildman–Crippen MR) is 104 cm³/mol. The first kappa shape index (κ1) is 19.2. The summed E-state index contributed by atoms with van der Waals surface area (Å²) in [5.41, 5.74) is 1.83. The molecule has 0 radical (unpaired) electrons. The molecule has 1 aromatic carbocycles. The van der Waals surface area contributed by atoms with E-state index in [4.69, 9.17) is 9.47 Å². The number of hydrogen-bond donors (Lipinski definition) is 1. The Kier molecular flexibility index (Phi) is 6.65. The number of nitrogens with zero attached hydrogens (tertiary/aromatic N) is 2. The van der Waals surface area contributed by atoms with Crippen LogP contribution in [-0.2, 0) is 6.54 Å². The van der Waals surface area contributed by atoms with Gasteiger partial charge in [-0.1, -0.05) is 0 Å². The van der Waals surface area contributed by atoms with E-state index in [0.29, 0.717) is 29.5 Å². The molecule has 1 amide bonds. The van der Waals surface area contributed by atoms with E-state index in [-0.39, 0.29) is 5.91 Å². The van der Waals surface area contributed by atoms with Crippen LogP contribution >= 0.6 is 0 Å². The molecule has 3 rings (SSSR count). The number of nitrogens with one attached hydrogen (secondary N) is 1. The van der Waals surface area contributed by atoms with Crippen LogP contribution in [0.15, 0.2) is 42.7 Å². The van der Waals surface area contributed by atoms with Crippen molar-refractivity contribution in [3.63, 3.8) is 0 Å². The van der Waals surface area contributed by atoms with Crippen molar-refractivity contribution in [2.45, 2.75) is 19.4 Å². The molecule has 6 nitrogen and oxygen atoms in total. The Bertz CT molecular complexity index is 729. The van der Waals surface area contributed by atoms with Crippen LogP contribution in [0.1, 0.15) is 28.8 Å². The second-order valence-electron chi connectivity index (χ2n) is 6.91. The molecule has 0 spiro atoms. The van der Waals surface area contributed by atoms with Gasteiger partial charge in [0, 0.05) is 43.7 Å². The molecule has 6 heteroatoms. The summed E-state index contributed by atoms with van der Waals surface area (Å²) >= 11 is 0. The zero-order chi connectivity index (χ0) is 19.1. The SMILES string of the molecule is COc1cc(OC)cc(C(=O)NCC2CCCN(Cc3ccncc3)C2)c1. The lowest BCUT2D eigenvalue weighted by molar-refractivity contribution is 0.0930. The fraction of sp³-hybridized carbons (Fsp3) is 0.429. The molecule has 1 saturated heterocycles. The molecule has 1 atom stereocenters. The summed E-state index contributed by atoms with van der Waals surface area (Å²) in [6, 6.07) is 9.33. The maximum atomic E-state index is 12.6. The lowest BCUT2D eigenvalue weighted by atomic mass is 9.97. The zero-order valence-electron chi connectivity index (χ0n) is 16.0. The van der Waals surface area contributed by atoms with Gasteiger partial charge < -0.3 is 14.8 Å². The van der Waals surface area contributed by atoms with E-state index in [1.807, 2.05) is 12.4 Å². The average Bonchev–Trinajstić information content (AvgIpc) is 2.72. The molecule has 1 aliphatic rings. The molecule has 1 N–H and O–H groups in total. The molecule has 0 bridgehead atoms. The summed E-state index contributed by atoms with van der Waals surface area (Å²) in [6.07, 6.45) is 5.95. The molecule has 144 valence electrons. The van der Waals surface area contributed by atoms with Gasteiger partial charge in [0.1, 0.15) is 11.5 Å². The predicted octanol–water partition coefficient (Wildman–Crippen LogP) is 2.74. The van der Waals surface area contributed by atoms with Crippen LogP contribution in [0.5, 0.6) is 11.5 Å². The van der Waals surface area contributed by atoms with Crippen LogP contribution < -0.4 is 14.8 Å². The molecule has 0 aliphatic carbocycles. The van der Waals surface area contributed by atoms with Gasteiger partial charge in [0.05, 0.1) is 14.2 Å². The number of amides is 1. The van der Waals surface area contributed by atoms with Gasteiger partial charge in [-0.15, -0.1) is 0 Å². The Morgan fingerprint density at radius 3 is 2.56 bits per heavy atom. The van der Waals surface area contributed by atoms with Crippen molar-refractivity contribution in [2.75, 3.05) is 33.9 Å². The normalized spacial score (nSPS) is 17.3. The standard InChI is InChI=1S/C21H27N3O3/c1-26-19-10-18(11-20(12-19)27-2)21(25)23-13-17-4-3-9-24(15-17)14-16-5-7-22-8-6-16/h5-8,10-12,17H,3-4,9,13-15H2,1-2H3,(H,23,25). The minimum Gasteiger partial charge on any atom is -0.497 e. The van der Waals surface area contributed by atoms with E-state index in [1.165, 1.54) is 5.56 Å². The lowest BCUT2D eigenvalue weighted by Gasteiger charge is -2.32. The number of aromatic nitrogens is 1. The smallest absolute Gasteiger partial charge is 0.251 e. The molecule has 2 heterocycles. The Labute approximate surface area is 160 Å². The number of carbonyl (C=O) groups excluding carboxylic acids is 1. The van der Waals surface area contributed by atoms with Crippen LogP contribution in [0.2, 0.25) is 0 Å². The number of benzene rings is 1. The first-order valence-electron chi connectivity index (χ1n) is 9.30. The number of ether oxygens (including phenoxy) is 2. The van der Waals surface area contributed by atoms with Crippen molar-refractivity contribution >= 4 is 5.91 Å². The molecule has 27 heavy (non-hydrogen) atoms. The number of methoxy groups -OCH3 is 2. The zero-order valence-corrected chi connectivity index (χ0v) is 16.0. The van der Waals surface area contributed by atoms with Gasteiger partial charge in [-0.25, -0.2) is 0 Å². The Morgan fingerprint density at radius 1 is 1.19 bits per heavy atom. The van der Waals surface area contributed by atoms with Crippen molar-refractivity contribution in [2.24, 2.45) is 5.92 Å². The molecule has 2 aromatic rings. The summed E-state index contributed by atoms with van der Waals surface area (Å²) in [5.74, 6) is 1.58. The first-order chi connectivity index (χ1) is 13.2. The molecule has 1 aromatic heterocycles. The summed E-state index contributed by atoms with van der Waals surface area (Å²) in [7, 11) is 3.16. The Balaban J connectivity index is 1.54. The quantitative estimate of drug-likeness (QED) is 0.813. The maximum absolute atomic E-state index is 12.6. The van der Waals surface area contributed by atoms with Crippen molar-refractivity contribution in [1.29, 1.82) is 0 Å². The second kappa shape index (κ2) is 9.37. The van der Waals surface area contributed by atoms with Crippen LogP contribution in [-0.4, -0.2) is 49.6 Å². The number of piperidine rings is 1. The van der Waals surface area contributed by atoms with E-state index >= 15 is 0 Å². The van der Waals surface area contributed by atoms with E-state index in [2.05, 4.69) is 27.3 Å². The van der Waals surface area contributed by atoms with E-state index in [0.717, 1.165) is 32.5 Å². The van der Waals surface area contributed by atoms with Crippen LogP contribution in [0.4, 0.5) is 0 Å². The third-order valence-electron chi connectivity index (χ3n) is 4.92. The summed E-state index contributed by atoms with van der Waals surface area (Å²) < 4.78 is 10.5. The number of likely N-dealkylation sites (tertiary alicyclic amines) is 1. The number of pyridine rings is 1. The molecule has 0 saturated carbocycles. The van der Waals surface area contributed by atoms with Gasteiger partial charge >= 0.3 is 0 Å². The summed E-state index contributed by atoms with van der Waals surface area (Å²) in [6.45, 7) is 3.69. The number of carbonyl (C=O) groups is 1. The van der Waals surface area contributed by atoms with Gasteiger partial charge in [0.15, 0.2) is 0 Å². The minimum atomic E-state index is -0.0987. The van der Waals surface area contributed by atoms with Gasteiger partial charge in [-0.05, 0) is 55.1 Å². The Morgan fingerprint density at radius 2 is 1.89 bits per heavy atom. The minimum absolute atomic E-state index is 0.0987. The highest BCUT2D eigenvalue weighted by Crippen LogP contribution is 2.23. The molecule has 1 unspecified atom stereocenters. The lowest BCUT2D eigenvalue weighted by Crippen LogP contribution is -2.40. The highest BCUT2D eigenvalue weighted by atomic mass is 16.5. The molecular formula is C21H27N3O3. The highest BCUT2D eigenvalue weighted by molar-refractivity contribution is 5.95. The fourth-order valence-corrected chi connectivity index (χ4v) is 3.49. The third-order valence-corrected chi connectivity index (χ3v) is 4.92.